The van der Waals surface area contributed by atoms with E-state index in [1.165, 1.54) is 6.20 Å². The number of hydrogen-bond donors (Lipinski definition) is 2. The number of nitrogens with one attached hydrogen (secondary N) is 2. The van der Waals surface area contributed by atoms with Gasteiger partial charge in [-0.25, -0.2) is 4.98 Å². The zero-order valence-electron chi connectivity index (χ0n) is 15.8. The van der Waals surface area contributed by atoms with Gasteiger partial charge in [-0.05, 0) is 48.0 Å². The van der Waals surface area contributed by atoms with Crippen LogP contribution in [0.25, 0.3) is 5.82 Å². The first kappa shape index (κ1) is 20.1. The molecule has 0 aliphatic carbocycles. The number of hydrogen-bond acceptors (Lipinski definition) is 4. The fourth-order valence-electron chi connectivity index (χ4n) is 2.93. The van der Waals surface area contributed by atoms with Crippen LogP contribution in [0.3, 0.4) is 0 Å². The van der Waals surface area contributed by atoms with Gasteiger partial charge in [-0.1, -0.05) is 35.3 Å². The lowest BCUT2D eigenvalue weighted by molar-refractivity contribution is 0.0944. The number of dihydropyridines is 1. The molecule has 4 rings (SSSR count). The van der Waals surface area contributed by atoms with Crippen molar-refractivity contribution in [2.24, 2.45) is 0 Å². The highest BCUT2D eigenvalue weighted by atomic mass is 35.5. The fourth-order valence-corrected chi connectivity index (χ4v) is 3.40. The molecule has 6 nitrogen and oxygen atoms in total. The number of carbonyl (C=O) groups is 1. The first-order chi connectivity index (χ1) is 14.6. The quantitative estimate of drug-likeness (QED) is 0.592. The van der Waals surface area contributed by atoms with Crippen LogP contribution in [0.4, 0.5) is 0 Å². The summed E-state index contributed by atoms with van der Waals surface area (Å²) in [6.07, 6.45) is 8.90. The monoisotopic (exact) mass is 440 g/mol. The summed E-state index contributed by atoms with van der Waals surface area (Å²) in [7, 11) is 0. The molecule has 30 heavy (non-hydrogen) atoms. The van der Waals surface area contributed by atoms with E-state index in [0.29, 0.717) is 28.1 Å². The van der Waals surface area contributed by atoms with Gasteiger partial charge in [0, 0.05) is 31.7 Å². The van der Waals surface area contributed by atoms with Gasteiger partial charge in [0.2, 0.25) is 0 Å². The van der Waals surface area contributed by atoms with Crippen molar-refractivity contribution >= 4 is 29.1 Å². The summed E-state index contributed by atoms with van der Waals surface area (Å²) in [6.45, 7) is 1.12. The summed E-state index contributed by atoms with van der Waals surface area (Å²) in [5.41, 5.74) is 1.38. The minimum atomic E-state index is -0.238. The average Bonchev–Trinajstić information content (AvgIpc) is 3.23. The largest absolute Gasteiger partial charge is 0.458 e. The number of rotatable bonds is 6. The maximum absolute atomic E-state index is 12.7. The number of halogens is 2. The van der Waals surface area contributed by atoms with E-state index in [1.54, 1.807) is 29.0 Å². The van der Waals surface area contributed by atoms with Gasteiger partial charge in [0.25, 0.3) is 5.91 Å². The van der Waals surface area contributed by atoms with Crippen molar-refractivity contribution in [1.29, 1.82) is 0 Å². The molecule has 0 saturated heterocycles. The second-order valence-corrected chi connectivity index (χ2v) is 7.34. The Hall–Kier alpha value is -3.22. The van der Waals surface area contributed by atoms with E-state index in [0.717, 1.165) is 23.6 Å². The normalized spacial score (nSPS) is 12.8. The maximum atomic E-state index is 12.7. The average molecular weight is 441 g/mol. The first-order valence-corrected chi connectivity index (χ1v) is 9.99. The lowest BCUT2D eigenvalue weighted by Crippen LogP contribution is -2.25. The summed E-state index contributed by atoms with van der Waals surface area (Å²) >= 11 is 12.1. The summed E-state index contributed by atoms with van der Waals surface area (Å²) in [5, 5.41) is 6.78. The molecule has 1 aliphatic heterocycles. The van der Waals surface area contributed by atoms with Gasteiger partial charge in [0.1, 0.15) is 17.2 Å². The van der Waals surface area contributed by atoms with Gasteiger partial charge in [0.05, 0.1) is 10.0 Å². The van der Waals surface area contributed by atoms with Gasteiger partial charge < -0.3 is 15.4 Å². The van der Waals surface area contributed by atoms with Crippen molar-refractivity contribution in [3.63, 3.8) is 0 Å². The van der Waals surface area contributed by atoms with Crippen molar-refractivity contribution in [3.8, 4) is 11.6 Å². The topological polar surface area (TPSA) is 68.2 Å². The molecule has 152 valence electrons. The highest BCUT2D eigenvalue weighted by Crippen LogP contribution is 2.23. The standard InChI is InChI=1S/C22H18Cl2N4O2/c23-16-12-19(24)21(26-14-16)28-11-1-2-20(28)22(29)27-13-15-3-5-17(6-4-15)30-18-7-9-25-10-8-18/h1-9,11-12,14,25H,10,13H2,(H,27,29). The number of pyridine rings is 1. The van der Waals surface area contributed by atoms with Crippen LogP contribution in [-0.2, 0) is 6.54 Å². The lowest BCUT2D eigenvalue weighted by Gasteiger charge is -2.12. The second-order valence-electron chi connectivity index (χ2n) is 6.50. The molecule has 1 aliphatic rings. The fraction of sp³-hybridized carbons (Fsp3) is 0.0909. The molecule has 0 radical (unpaired) electrons. The SMILES string of the molecule is O=C(NCc1ccc(OC2=CCNC=C2)cc1)c1cccn1-c1ncc(Cl)cc1Cl. The number of allylic oxidation sites excluding steroid dienone is 1. The summed E-state index contributed by atoms with van der Waals surface area (Å²) < 4.78 is 7.42. The Morgan fingerprint density at radius 1 is 1.23 bits per heavy atom. The van der Waals surface area contributed by atoms with E-state index >= 15 is 0 Å². The summed E-state index contributed by atoms with van der Waals surface area (Å²) in [4.78, 5) is 16.9. The molecule has 0 fully saturated rings. The number of ether oxygens (including phenoxy) is 1. The highest BCUT2D eigenvalue weighted by Gasteiger charge is 2.15. The van der Waals surface area contributed by atoms with E-state index in [9.17, 15) is 4.79 Å². The number of amides is 1. The van der Waals surface area contributed by atoms with Crippen LogP contribution in [0, 0.1) is 0 Å². The molecule has 1 amide bonds. The molecule has 2 aromatic heterocycles. The van der Waals surface area contributed by atoms with E-state index in [2.05, 4.69) is 15.6 Å². The number of carbonyl (C=O) groups excluding carboxylic acids is 1. The van der Waals surface area contributed by atoms with E-state index in [4.69, 9.17) is 27.9 Å². The maximum Gasteiger partial charge on any atom is 0.268 e. The van der Waals surface area contributed by atoms with Gasteiger partial charge in [0.15, 0.2) is 5.82 Å². The zero-order chi connectivity index (χ0) is 20.9. The molecule has 2 N–H and O–H groups in total. The molecule has 0 atom stereocenters. The second kappa shape index (κ2) is 9.07. The molecule has 0 bridgehead atoms. The molecule has 8 heteroatoms. The van der Waals surface area contributed by atoms with Gasteiger partial charge in [-0.15, -0.1) is 0 Å². The van der Waals surface area contributed by atoms with Crippen LogP contribution in [0.15, 0.2) is 79.0 Å². The zero-order valence-corrected chi connectivity index (χ0v) is 17.3. The van der Waals surface area contributed by atoms with Crippen molar-refractivity contribution in [2.75, 3.05) is 6.54 Å². The van der Waals surface area contributed by atoms with Crippen LogP contribution in [0.5, 0.6) is 5.75 Å². The minimum absolute atomic E-state index is 0.238. The Bertz CT molecular complexity index is 1120. The van der Waals surface area contributed by atoms with Gasteiger partial charge in [-0.3, -0.25) is 9.36 Å². The summed E-state index contributed by atoms with van der Waals surface area (Å²) in [6, 6.07) is 12.6. The summed E-state index contributed by atoms with van der Waals surface area (Å²) in [5.74, 6) is 1.74. The Morgan fingerprint density at radius 3 is 2.80 bits per heavy atom. The highest BCUT2D eigenvalue weighted by molar-refractivity contribution is 6.35. The Balaban J connectivity index is 1.40. The Labute approximate surface area is 183 Å². The van der Waals surface area contributed by atoms with Crippen molar-refractivity contribution < 1.29 is 9.53 Å². The van der Waals surface area contributed by atoms with Gasteiger partial charge >= 0.3 is 0 Å². The van der Waals surface area contributed by atoms with Crippen molar-refractivity contribution in [2.45, 2.75) is 6.54 Å². The minimum Gasteiger partial charge on any atom is -0.458 e. The van der Waals surface area contributed by atoms with Gasteiger partial charge in [-0.2, -0.15) is 0 Å². The third-order valence-electron chi connectivity index (χ3n) is 4.40. The van der Waals surface area contributed by atoms with Crippen molar-refractivity contribution in [1.82, 2.24) is 20.2 Å². The predicted octanol–water partition coefficient (Wildman–Crippen LogP) is 4.49. The lowest BCUT2D eigenvalue weighted by atomic mass is 10.2. The molecule has 0 spiro atoms. The molecular formula is C22H18Cl2N4O2. The van der Waals surface area contributed by atoms with Crippen molar-refractivity contribution in [3.05, 3.63) is 100 Å². The molecule has 0 unspecified atom stereocenters. The third-order valence-corrected chi connectivity index (χ3v) is 4.88. The predicted molar refractivity (Wildman–Crippen MR) is 117 cm³/mol. The van der Waals surface area contributed by atoms with Crippen LogP contribution in [-0.4, -0.2) is 22.0 Å². The first-order valence-electron chi connectivity index (χ1n) is 9.24. The molecule has 1 aromatic carbocycles. The number of nitrogens with zero attached hydrogens (tertiary/aromatic N) is 2. The molecule has 3 aromatic rings. The smallest absolute Gasteiger partial charge is 0.268 e. The van der Waals surface area contributed by atoms with Crippen LogP contribution in [0.2, 0.25) is 10.0 Å². The number of benzene rings is 1. The number of aromatic nitrogens is 2. The van der Waals surface area contributed by atoms with Crippen LogP contribution >= 0.6 is 23.2 Å². The van der Waals surface area contributed by atoms with E-state index < -0.39 is 0 Å². The molecule has 0 saturated carbocycles. The Kier molecular flexibility index (Phi) is 6.07. The third kappa shape index (κ3) is 4.67. The Morgan fingerprint density at radius 2 is 2.07 bits per heavy atom. The van der Waals surface area contributed by atoms with Crippen LogP contribution in [0.1, 0.15) is 16.1 Å². The molecular weight excluding hydrogens is 423 g/mol. The van der Waals surface area contributed by atoms with Crippen LogP contribution < -0.4 is 15.4 Å². The van der Waals surface area contributed by atoms with E-state index in [1.807, 2.05) is 42.6 Å². The van der Waals surface area contributed by atoms with E-state index in [-0.39, 0.29) is 5.91 Å². The molecule has 3 heterocycles.